The first-order valence-corrected chi connectivity index (χ1v) is 18.6. The molecule has 0 radical (unpaired) electrons. The zero-order valence-corrected chi connectivity index (χ0v) is 31.7. The summed E-state index contributed by atoms with van der Waals surface area (Å²) in [6.45, 7) is 23.2. The van der Waals surface area contributed by atoms with E-state index in [1.165, 1.54) is 52.5 Å². The van der Waals surface area contributed by atoms with Crippen molar-refractivity contribution in [3.8, 4) is 45.8 Å². The minimum absolute atomic E-state index is 0.104. The number of pyridine rings is 2. The Balaban J connectivity index is 1.15. The molecule has 2 aliphatic carbocycles. The number of aryl methyl sites for hydroxylation is 2. The summed E-state index contributed by atoms with van der Waals surface area (Å²) in [5.74, 6) is 2.55. The molecule has 2 aliphatic heterocycles. The van der Waals surface area contributed by atoms with Crippen LogP contribution in [0.4, 0.5) is 0 Å². The van der Waals surface area contributed by atoms with Crippen LogP contribution in [0.3, 0.4) is 0 Å². The van der Waals surface area contributed by atoms with Crippen molar-refractivity contribution in [2.75, 3.05) is 0 Å². The fourth-order valence-corrected chi connectivity index (χ4v) is 9.26. The summed E-state index contributed by atoms with van der Waals surface area (Å²) in [7, 11) is 0. The second kappa shape index (κ2) is 10.5. The summed E-state index contributed by atoms with van der Waals surface area (Å²) < 4.78 is 13.1. The average molecular weight is 675 g/mol. The van der Waals surface area contributed by atoms with Gasteiger partial charge in [0.2, 0.25) is 11.8 Å². The van der Waals surface area contributed by atoms with Crippen molar-refractivity contribution >= 4 is 23.1 Å². The minimum Gasteiger partial charge on any atom is -0.440 e. The van der Waals surface area contributed by atoms with Crippen LogP contribution in [0.15, 0.2) is 55.1 Å². The van der Waals surface area contributed by atoms with E-state index < -0.39 is 0 Å². The van der Waals surface area contributed by atoms with Gasteiger partial charge >= 0.3 is 0 Å². The predicted octanol–water partition coefficient (Wildman–Crippen LogP) is 8.64. The van der Waals surface area contributed by atoms with E-state index >= 15 is 0 Å². The molecule has 0 fully saturated rings. The van der Waals surface area contributed by atoms with Gasteiger partial charge in [0.15, 0.2) is 0 Å². The molecule has 51 heavy (non-hydrogen) atoms. The quantitative estimate of drug-likeness (QED) is 0.171. The third-order valence-corrected chi connectivity index (χ3v) is 12.9. The number of benzene rings is 2. The Morgan fingerprint density at radius 1 is 0.510 bits per heavy atom. The van der Waals surface area contributed by atoms with Crippen molar-refractivity contribution in [1.82, 2.24) is 19.9 Å². The van der Waals surface area contributed by atoms with E-state index in [9.17, 15) is 0 Å². The van der Waals surface area contributed by atoms with Crippen molar-refractivity contribution < 1.29 is 9.47 Å². The molecule has 0 bridgehead atoms. The van der Waals surface area contributed by atoms with Crippen LogP contribution in [0, 0.1) is 13.8 Å². The molecule has 0 unspecified atom stereocenters. The molecule has 0 atom stereocenters. The minimum atomic E-state index is -0.208. The Bertz CT molecular complexity index is 2160. The summed E-state index contributed by atoms with van der Waals surface area (Å²) in [6, 6.07) is 13.7. The smallest absolute Gasteiger partial charge is 0.269 e. The molecule has 0 saturated carbocycles. The SMILES string of the molecule is Cc1cc2c(cc1-c1cc3c(cn1)B1c4cnc(-c5cc6c(cc5C)C(C)(C)CCC6(C)C)cc4Oc4ncnc(c41)O3)C(C)(C)CCC2(C)C. The molecular formula is C44H47BN4O2. The number of aromatic nitrogens is 4. The molecule has 0 N–H and O–H groups in total. The van der Waals surface area contributed by atoms with Crippen LogP contribution in [0.2, 0.25) is 0 Å². The Morgan fingerprint density at radius 2 is 0.882 bits per heavy atom. The molecule has 0 amide bonds. The monoisotopic (exact) mass is 674 g/mol. The number of hydrogen-bond acceptors (Lipinski definition) is 6. The zero-order valence-electron chi connectivity index (χ0n) is 31.7. The van der Waals surface area contributed by atoms with Crippen LogP contribution in [0.5, 0.6) is 23.3 Å². The lowest BCUT2D eigenvalue weighted by Crippen LogP contribution is -2.58. The lowest BCUT2D eigenvalue weighted by molar-refractivity contribution is 0.332. The molecule has 9 rings (SSSR count). The fourth-order valence-electron chi connectivity index (χ4n) is 9.26. The molecule has 0 saturated heterocycles. The molecule has 6 nitrogen and oxygen atoms in total. The topological polar surface area (TPSA) is 70.0 Å². The first-order valence-electron chi connectivity index (χ1n) is 18.6. The number of rotatable bonds is 2. The molecule has 258 valence electrons. The second-order valence-electron chi connectivity index (χ2n) is 18.2. The standard InChI is InChI=1S/C44H47BN4O2/c1-24-15-28-30(43(7,8)13-11-41(28,3)4)17-26(24)34-19-36-32(21-46-34)45-33-22-47-35(20-37(33)51-40-38(45)39(50-36)48-23-49-40)27-18-31-29(16-25(27)2)42(5,6)12-14-44(31,9)10/h15-23H,11-14H2,1-10H3. The maximum Gasteiger partial charge on any atom is 0.269 e. The highest BCUT2D eigenvalue weighted by Crippen LogP contribution is 2.49. The molecule has 0 spiro atoms. The largest absolute Gasteiger partial charge is 0.440 e. The van der Waals surface area contributed by atoms with Crippen LogP contribution in [0.1, 0.15) is 114 Å². The Morgan fingerprint density at radius 3 is 1.27 bits per heavy atom. The van der Waals surface area contributed by atoms with E-state index in [2.05, 4.69) is 116 Å². The van der Waals surface area contributed by atoms with E-state index in [0.717, 1.165) is 63.2 Å². The Labute approximate surface area is 302 Å². The maximum atomic E-state index is 6.53. The molecular weight excluding hydrogens is 627 g/mol. The van der Waals surface area contributed by atoms with Crippen molar-refractivity contribution in [1.29, 1.82) is 0 Å². The molecule has 5 heterocycles. The molecule has 4 aliphatic rings. The number of ether oxygens (including phenoxy) is 2. The Hall–Kier alpha value is -4.52. The zero-order chi connectivity index (χ0) is 35.8. The average Bonchev–Trinajstić information content (AvgIpc) is 3.08. The van der Waals surface area contributed by atoms with Crippen molar-refractivity contribution in [2.24, 2.45) is 0 Å². The van der Waals surface area contributed by atoms with Gasteiger partial charge in [-0.15, -0.1) is 0 Å². The highest BCUT2D eigenvalue weighted by Gasteiger charge is 2.44. The van der Waals surface area contributed by atoms with Gasteiger partial charge in [-0.3, -0.25) is 9.97 Å². The van der Waals surface area contributed by atoms with E-state index in [-0.39, 0.29) is 28.4 Å². The molecule has 7 heteroatoms. The van der Waals surface area contributed by atoms with Gasteiger partial charge in [-0.05, 0) is 118 Å². The van der Waals surface area contributed by atoms with E-state index in [1.54, 1.807) is 0 Å². The summed E-state index contributed by atoms with van der Waals surface area (Å²) in [5.41, 5.74) is 15.6. The second-order valence-corrected chi connectivity index (χ2v) is 18.2. The summed E-state index contributed by atoms with van der Waals surface area (Å²) >= 11 is 0. The van der Waals surface area contributed by atoms with Crippen molar-refractivity contribution in [3.63, 3.8) is 0 Å². The number of fused-ring (bicyclic) bond motifs is 6. The van der Waals surface area contributed by atoms with Gasteiger partial charge in [0.05, 0.1) is 16.9 Å². The van der Waals surface area contributed by atoms with Crippen LogP contribution in [-0.4, -0.2) is 26.6 Å². The molecule has 5 aromatic rings. The molecule has 2 aromatic carbocycles. The van der Waals surface area contributed by atoms with Gasteiger partial charge < -0.3 is 9.47 Å². The van der Waals surface area contributed by atoms with Gasteiger partial charge in [-0.1, -0.05) is 67.5 Å². The highest BCUT2D eigenvalue weighted by molar-refractivity contribution is 6.98. The van der Waals surface area contributed by atoms with Crippen LogP contribution in [-0.2, 0) is 21.7 Å². The van der Waals surface area contributed by atoms with Gasteiger partial charge in [0.25, 0.3) is 6.71 Å². The summed E-state index contributed by atoms with van der Waals surface area (Å²) in [6.07, 6.45) is 10.2. The predicted molar refractivity (Wildman–Crippen MR) is 206 cm³/mol. The van der Waals surface area contributed by atoms with Crippen LogP contribution < -0.4 is 25.9 Å². The number of nitrogens with zero attached hydrogens (tertiary/aromatic N) is 4. The van der Waals surface area contributed by atoms with Crippen molar-refractivity contribution in [2.45, 2.75) is 117 Å². The van der Waals surface area contributed by atoms with Gasteiger partial charge in [0.1, 0.15) is 17.8 Å². The fraction of sp³-hybridized carbons (Fsp3) is 0.409. The van der Waals surface area contributed by atoms with E-state index in [4.69, 9.17) is 19.4 Å². The lowest BCUT2D eigenvalue weighted by Gasteiger charge is -2.42. The maximum absolute atomic E-state index is 6.53. The van der Waals surface area contributed by atoms with Gasteiger partial charge in [0, 0.05) is 35.7 Å². The van der Waals surface area contributed by atoms with Crippen LogP contribution >= 0.6 is 0 Å². The number of hydrogen-bond donors (Lipinski definition) is 0. The van der Waals surface area contributed by atoms with Gasteiger partial charge in [-0.2, -0.15) is 0 Å². The van der Waals surface area contributed by atoms with Crippen LogP contribution in [0.25, 0.3) is 22.5 Å². The van der Waals surface area contributed by atoms with Gasteiger partial charge in [-0.25, -0.2) is 9.97 Å². The third-order valence-electron chi connectivity index (χ3n) is 12.9. The summed E-state index contributed by atoms with van der Waals surface area (Å²) in [4.78, 5) is 19.4. The van der Waals surface area contributed by atoms with E-state index in [0.29, 0.717) is 11.8 Å². The normalized spacial score (nSPS) is 19.4. The first kappa shape index (κ1) is 32.4. The van der Waals surface area contributed by atoms with E-state index in [1.807, 2.05) is 12.4 Å². The molecule has 3 aromatic heterocycles. The lowest BCUT2D eigenvalue weighted by atomic mass is 9.36. The van der Waals surface area contributed by atoms with Crippen molar-refractivity contribution in [3.05, 3.63) is 88.5 Å². The first-order chi connectivity index (χ1) is 24.0. The summed E-state index contributed by atoms with van der Waals surface area (Å²) in [5, 5.41) is 0. The third kappa shape index (κ3) is 4.83. The Kier molecular flexibility index (Phi) is 6.68. The highest BCUT2D eigenvalue weighted by atomic mass is 16.5.